The summed E-state index contributed by atoms with van der Waals surface area (Å²) in [5.41, 5.74) is 7.86. The SMILES string of the molecule is Cl.Nc1ccc(F)c2c1NCCC2. The molecule has 1 aliphatic rings. The van der Waals surface area contributed by atoms with Gasteiger partial charge >= 0.3 is 0 Å². The van der Waals surface area contributed by atoms with Crippen LogP contribution in [0.3, 0.4) is 0 Å². The van der Waals surface area contributed by atoms with Crippen LogP contribution in [0.25, 0.3) is 0 Å². The van der Waals surface area contributed by atoms with Gasteiger partial charge in [-0.3, -0.25) is 0 Å². The number of rotatable bonds is 0. The van der Waals surface area contributed by atoms with E-state index in [-0.39, 0.29) is 18.2 Å². The van der Waals surface area contributed by atoms with Crippen molar-refractivity contribution in [1.82, 2.24) is 0 Å². The Kier molecular flexibility index (Phi) is 2.98. The Morgan fingerprint density at radius 1 is 1.38 bits per heavy atom. The molecule has 13 heavy (non-hydrogen) atoms. The molecule has 0 fully saturated rings. The summed E-state index contributed by atoms with van der Waals surface area (Å²) in [6, 6.07) is 3.04. The third-order valence-corrected chi connectivity index (χ3v) is 2.19. The molecule has 0 saturated heterocycles. The summed E-state index contributed by atoms with van der Waals surface area (Å²) >= 11 is 0. The standard InChI is InChI=1S/C9H11FN2.ClH/c10-7-3-4-8(11)9-6(7)2-1-5-12-9;/h3-4,12H,1-2,5,11H2;1H. The smallest absolute Gasteiger partial charge is 0.128 e. The van der Waals surface area contributed by atoms with E-state index in [1.54, 1.807) is 6.07 Å². The van der Waals surface area contributed by atoms with Crippen LogP contribution < -0.4 is 11.1 Å². The highest BCUT2D eigenvalue weighted by molar-refractivity contribution is 5.85. The van der Waals surface area contributed by atoms with Gasteiger partial charge in [-0.05, 0) is 25.0 Å². The minimum atomic E-state index is -0.147. The fourth-order valence-corrected chi connectivity index (χ4v) is 1.57. The minimum Gasteiger partial charge on any atom is -0.397 e. The second-order valence-corrected chi connectivity index (χ2v) is 3.02. The first-order chi connectivity index (χ1) is 5.79. The second kappa shape index (κ2) is 3.83. The van der Waals surface area contributed by atoms with E-state index in [1.165, 1.54) is 6.07 Å². The summed E-state index contributed by atoms with van der Waals surface area (Å²) in [6.07, 6.45) is 1.77. The highest BCUT2D eigenvalue weighted by atomic mass is 35.5. The Morgan fingerprint density at radius 2 is 2.15 bits per heavy atom. The number of nitrogen functional groups attached to an aromatic ring is 1. The number of hydrogen-bond donors (Lipinski definition) is 2. The Balaban J connectivity index is 0.000000845. The number of hydrogen-bond acceptors (Lipinski definition) is 2. The highest BCUT2D eigenvalue weighted by Crippen LogP contribution is 2.29. The summed E-state index contributed by atoms with van der Waals surface area (Å²) in [7, 11) is 0. The first-order valence-electron chi connectivity index (χ1n) is 4.10. The lowest BCUT2D eigenvalue weighted by Crippen LogP contribution is -2.14. The van der Waals surface area contributed by atoms with Crippen LogP contribution in [0.1, 0.15) is 12.0 Å². The van der Waals surface area contributed by atoms with E-state index < -0.39 is 0 Å². The van der Waals surface area contributed by atoms with Crippen molar-refractivity contribution in [2.45, 2.75) is 12.8 Å². The molecule has 0 unspecified atom stereocenters. The summed E-state index contributed by atoms with van der Waals surface area (Å²) in [6.45, 7) is 0.890. The monoisotopic (exact) mass is 202 g/mol. The van der Waals surface area contributed by atoms with Crippen LogP contribution in [0.2, 0.25) is 0 Å². The van der Waals surface area contributed by atoms with Crippen LogP contribution in [-0.2, 0) is 6.42 Å². The molecule has 4 heteroatoms. The fourth-order valence-electron chi connectivity index (χ4n) is 1.57. The van der Waals surface area contributed by atoms with Gasteiger partial charge in [0, 0.05) is 12.1 Å². The molecule has 0 aromatic heterocycles. The number of halogens is 2. The number of fused-ring (bicyclic) bond motifs is 1. The first kappa shape index (κ1) is 10.1. The van der Waals surface area contributed by atoms with Gasteiger partial charge in [0.1, 0.15) is 5.82 Å². The molecular formula is C9H12ClFN2. The van der Waals surface area contributed by atoms with E-state index >= 15 is 0 Å². The van der Waals surface area contributed by atoms with E-state index in [2.05, 4.69) is 5.32 Å². The average Bonchev–Trinajstić information content (AvgIpc) is 2.12. The largest absolute Gasteiger partial charge is 0.397 e. The molecule has 0 bridgehead atoms. The molecular weight excluding hydrogens is 191 g/mol. The maximum absolute atomic E-state index is 13.2. The summed E-state index contributed by atoms with van der Waals surface area (Å²) in [5.74, 6) is -0.147. The molecule has 0 aliphatic carbocycles. The van der Waals surface area contributed by atoms with Gasteiger partial charge in [0.15, 0.2) is 0 Å². The van der Waals surface area contributed by atoms with Gasteiger partial charge in [-0.15, -0.1) is 12.4 Å². The molecule has 1 aromatic carbocycles. The molecule has 1 heterocycles. The van der Waals surface area contributed by atoms with Crippen LogP contribution in [0.15, 0.2) is 12.1 Å². The Labute approximate surface area is 82.7 Å². The van der Waals surface area contributed by atoms with Crippen LogP contribution in [0.5, 0.6) is 0 Å². The van der Waals surface area contributed by atoms with Crippen molar-refractivity contribution in [2.75, 3.05) is 17.6 Å². The Hall–Kier alpha value is -0.960. The predicted octanol–water partition coefficient (Wildman–Crippen LogP) is 2.19. The Morgan fingerprint density at radius 3 is 2.85 bits per heavy atom. The molecule has 3 N–H and O–H groups in total. The lowest BCUT2D eigenvalue weighted by Gasteiger charge is -2.19. The van der Waals surface area contributed by atoms with E-state index in [0.29, 0.717) is 5.69 Å². The summed E-state index contributed by atoms with van der Waals surface area (Å²) < 4.78 is 13.2. The molecule has 0 amide bonds. The topological polar surface area (TPSA) is 38.0 Å². The van der Waals surface area contributed by atoms with Crippen LogP contribution >= 0.6 is 12.4 Å². The van der Waals surface area contributed by atoms with Crippen molar-refractivity contribution in [1.29, 1.82) is 0 Å². The highest BCUT2D eigenvalue weighted by Gasteiger charge is 2.14. The zero-order valence-electron chi connectivity index (χ0n) is 7.14. The van der Waals surface area contributed by atoms with E-state index in [1.807, 2.05) is 0 Å². The van der Waals surface area contributed by atoms with E-state index in [0.717, 1.165) is 30.6 Å². The van der Waals surface area contributed by atoms with Crippen molar-refractivity contribution < 1.29 is 4.39 Å². The molecule has 0 saturated carbocycles. The molecule has 0 atom stereocenters. The van der Waals surface area contributed by atoms with Crippen molar-refractivity contribution in [2.24, 2.45) is 0 Å². The molecule has 0 radical (unpaired) electrons. The second-order valence-electron chi connectivity index (χ2n) is 3.02. The zero-order chi connectivity index (χ0) is 8.55. The molecule has 72 valence electrons. The maximum Gasteiger partial charge on any atom is 0.128 e. The quantitative estimate of drug-likeness (QED) is 0.633. The normalized spacial score (nSPS) is 13.9. The van der Waals surface area contributed by atoms with Gasteiger partial charge in [0.25, 0.3) is 0 Å². The van der Waals surface area contributed by atoms with Crippen molar-refractivity contribution in [3.05, 3.63) is 23.5 Å². The van der Waals surface area contributed by atoms with E-state index in [9.17, 15) is 4.39 Å². The molecule has 1 aliphatic heterocycles. The van der Waals surface area contributed by atoms with Crippen molar-refractivity contribution in [3.8, 4) is 0 Å². The van der Waals surface area contributed by atoms with Gasteiger partial charge in [0.05, 0.1) is 11.4 Å². The Bertz CT molecular complexity index is 284. The van der Waals surface area contributed by atoms with Crippen LogP contribution in [0.4, 0.5) is 15.8 Å². The third-order valence-electron chi connectivity index (χ3n) is 2.19. The van der Waals surface area contributed by atoms with Gasteiger partial charge in [-0.2, -0.15) is 0 Å². The third kappa shape index (κ3) is 1.70. The first-order valence-corrected chi connectivity index (χ1v) is 4.10. The van der Waals surface area contributed by atoms with E-state index in [4.69, 9.17) is 5.73 Å². The molecule has 1 aromatic rings. The fraction of sp³-hybridized carbons (Fsp3) is 0.333. The predicted molar refractivity (Wildman–Crippen MR) is 54.9 cm³/mol. The molecule has 0 spiro atoms. The van der Waals surface area contributed by atoms with Gasteiger partial charge in [0.2, 0.25) is 0 Å². The van der Waals surface area contributed by atoms with Gasteiger partial charge in [-0.25, -0.2) is 4.39 Å². The lowest BCUT2D eigenvalue weighted by molar-refractivity contribution is 0.603. The minimum absolute atomic E-state index is 0. The van der Waals surface area contributed by atoms with Gasteiger partial charge in [-0.1, -0.05) is 0 Å². The number of anilines is 2. The number of nitrogens with one attached hydrogen (secondary N) is 1. The number of nitrogens with two attached hydrogens (primary N) is 1. The summed E-state index contributed by atoms with van der Waals surface area (Å²) in [5, 5.41) is 3.11. The van der Waals surface area contributed by atoms with Crippen LogP contribution in [0, 0.1) is 5.82 Å². The van der Waals surface area contributed by atoms with Gasteiger partial charge < -0.3 is 11.1 Å². The van der Waals surface area contributed by atoms with Crippen LogP contribution in [-0.4, -0.2) is 6.54 Å². The lowest BCUT2D eigenvalue weighted by atomic mass is 10.0. The number of benzene rings is 1. The molecule has 2 rings (SSSR count). The van der Waals surface area contributed by atoms with Crippen molar-refractivity contribution in [3.63, 3.8) is 0 Å². The van der Waals surface area contributed by atoms with Crippen molar-refractivity contribution >= 4 is 23.8 Å². The average molecular weight is 203 g/mol. The summed E-state index contributed by atoms with van der Waals surface area (Å²) in [4.78, 5) is 0. The maximum atomic E-state index is 13.2. The zero-order valence-corrected chi connectivity index (χ0v) is 7.96. The molecule has 2 nitrogen and oxygen atoms in total.